The van der Waals surface area contributed by atoms with Crippen molar-refractivity contribution < 1.29 is 14.2 Å². The second-order valence-electron chi connectivity index (χ2n) is 5.21. The SMILES string of the molecule is COc1cc(Cc2cnc(N)nc2N)c2c(c1OC)OC(I)=CC2. The van der Waals surface area contributed by atoms with Crippen LogP contribution in [0.5, 0.6) is 17.2 Å². The van der Waals surface area contributed by atoms with E-state index >= 15 is 0 Å². The van der Waals surface area contributed by atoms with Crippen molar-refractivity contribution in [2.75, 3.05) is 25.7 Å². The standard InChI is InChI=1S/C16H17IN4O3/c1-22-11-6-8(5-9-7-20-16(19)21-15(9)18)10-3-4-12(17)24-13(10)14(11)23-2/h4,6-7H,3,5H2,1-2H3,(H4,18,19,20,21). The zero-order chi connectivity index (χ0) is 17.3. The fourth-order valence-electron chi connectivity index (χ4n) is 2.64. The van der Waals surface area contributed by atoms with E-state index in [9.17, 15) is 0 Å². The molecule has 1 aliphatic heterocycles. The molecular weight excluding hydrogens is 423 g/mol. The van der Waals surface area contributed by atoms with Gasteiger partial charge in [0.25, 0.3) is 0 Å². The number of benzene rings is 1. The number of rotatable bonds is 4. The minimum Gasteiger partial charge on any atom is -0.493 e. The van der Waals surface area contributed by atoms with Crippen LogP contribution in [-0.2, 0) is 12.8 Å². The molecule has 126 valence electrons. The average molecular weight is 440 g/mol. The fourth-order valence-corrected chi connectivity index (χ4v) is 3.08. The maximum atomic E-state index is 5.96. The zero-order valence-electron chi connectivity index (χ0n) is 13.3. The Hall–Kier alpha value is -2.23. The number of nitrogens with zero attached hydrogens (tertiary/aromatic N) is 2. The first-order chi connectivity index (χ1) is 11.5. The van der Waals surface area contributed by atoms with Gasteiger partial charge >= 0.3 is 0 Å². The highest BCUT2D eigenvalue weighted by Crippen LogP contribution is 2.46. The highest BCUT2D eigenvalue weighted by atomic mass is 127. The van der Waals surface area contributed by atoms with E-state index in [1.807, 2.05) is 12.1 Å². The lowest BCUT2D eigenvalue weighted by molar-refractivity contribution is 0.331. The first-order valence-electron chi connectivity index (χ1n) is 7.20. The van der Waals surface area contributed by atoms with Crippen molar-refractivity contribution in [3.8, 4) is 17.2 Å². The van der Waals surface area contributed by atoms with E-state index in [4.69, 9.17) is 25.7 Å². The summed E-state index contributed by atoms with van der Waals surface area (Å²) in [6.07, 6.45) is 4.94. The number of aromatic nitrogens is 2. The maximum absolute atomic E-state index is 5.96. The number of ether oxygens (including phenoxy) is 3. The molecule has 3 rings (SSSR count). The monoisotopic (exact) mass is 440 g/mol. The van der Waals surface area contributed by atoms with Gasteiger partial charge in [0.05, 0.1) is 14.2 Å². The van der Waals surface area contributed by atoms with Crippen LogP contribution in [0.25, 0.3) is 0 Å². The van der Waals surface area contributed by atoms with Crippen molar-refractivity contribution in [3.05, 3.63) is 38.8 Å². The Labute approximate surface area is 153 Å². The van der Waals surface area contributed by atoms with Gasteiger partial charge in [-0.2, -0.15) is 4.98 Å². The summed E-state index contributed by atoms with van der Waals surface area (Å²) in [5.74, 6) is 2.39. The normalized spacial score (nSPS) is 12.9. The molecule has 0 spiro atoms. The third kappa shape index (κ3) is 3.05. The van der Waals surface area contributed by atoms with Gasteiger partial charge in [-0.15, -0.1) is 0 Å². The summed E-state index contributed by atoms with van der Waals surface area (Å²) < 4.78 is 17.6. The summed E-state index contributed by atoms with van der Waals surface area (Å²) >= 11 is 2.14. The van der Waals surface area contributed by atoms with Gasteiger partial charge in [0.1, 0.15) is 5.82 Å². The van der Waals surface area contributed by atoms with Gasteiger partial charge in [-0.25, -0.2) is 4.98 Å². The molecule has 4 N–H and O–H groups in total. The molecule has 1 aliphatic rings. The van der Waals surface area contributed by atoms with Crippen LogP contribution in [0.15, 0.2) is 22.1 Å². The van der Waals surface area contributed by atoms with Crippen molar-refractivity contribution in [1.29, 1.82) is 0 Å². The molecule has 0 saturated heterocycles. The predicted octanol–water partition coefficient (Wildman–Crippen LogP) is 2.46. The second kappa shape index (κ2) is 6.71. The quantitative estimate of drug-likeness (QED) is 0.704. The molecule has 0 fully saturated rings. The van der Waals surface area contributed by atoms with E-state index in [-0.39, 0.29) is 5.95 Å². The molecule has 1 aromatic carbocycles. The number of halogens is 1. The minimum atomic E-state index is 0.159. The first kappa shape index (κ1) is 16.6. The van der Waals surface area contributed by atoms with Crippen LogP contribution >= 0.6 is 22.6 Å². The van der Waals surface area contributed by atoms with Gasteiger partial charge in [-0.1, -0.05) is 0 Å². The number of nitrogens with two attached hydrogens (primary N) is 2. The average Bonchev–Trinajstić information content (AvgIpc) is 2.56. The summed E-state index contributed by atoms with van der Waals surface area (Å²) in [4.78, 5) is 8.04. The Balaban J connectivity index is 2.10. The highest BCUT2D eigenvalue weighted by molar-refractivity contribution is 14.1. The van der Waals surface area contributed by atoms with Crippen LogP contribution in [0, 0.1) is 0 Å². The summed E-state index contributed by atoms with van der Waals surface area (Å²) in [6, 6.07) is 1.93. The summed E-state index contributed by atoms with van der Waals surface area (Å²) in [5.41, 5.74) is 14.4. The molecule has 1 aromatic heterocycles. The molecule has 2 aromatic rings. The van der Waals surface area contributed by atoms with Gasteiger partial charge in [-0.05, 0) is 46.7 Å². The predicted molar refractivity (Wildman–Crippen MR) is 99.6 cm³/mol. The summed E-state index contributed by atoms with van der Waals surface area (Å²) in [5, 5.41) is 0. The van der Waals surface area contributed by atoms with E-state index in [1.165, 1.54) is 0 Å². The van der Waals surface area contributed by atoms with Gasteiger partial charge < -0.3 is 25.7 Å². The molecule has 7 nitrogen and oxygen atoms in total. The molecule has 0 radical (unpaired) electrons. The van der Waals surface area contributed by atoms with Crippen LogP contribution in [0.3, 0.4) is 0 Å². The Bertz CT molecular complexity index is 823. The third-order valence-electron chi connectivity index (χ3n) is 3.78. The highest BCUT2D eigenvalue weighted by Gasteiger charge is 2.24. The lowest BCUT2D eigenvalue weighted by atomic mass is 9.96. The number of fused-ring (bicyclic) bond motifs is 1. The first-order valence-corrected chi connectivity index (χ1v) is 8.28. The second-order valence-corrected chi connectivity index (χ2v) is 6.27. The van der Waals surface area contributed by atoms with Gasteiger partial charge in [0.2, 0.25) is 11.7 Å². The van der Waals surface area contributed by atoms with Gasteiger partial charge in [-0.3, -0.25) is 0 Å². The molecule has 0 bridgehead atoms. The van der Waals surface area contributed by atoms with E-state index in [1.54, 1.807) is 20.4 Å². The van der Waals surface area contributed by atoms with Gasteiger partial charge in [0, 0.05) is 23.7 Å². The molecular formula is C16H17IN4O3. The Morgan fingerprint density at radius 3 is 2.71 bits per heavy atom. The minimum absolute atomic E-state index is 0.159. The van der Waals surface area contributed by atoms with Crippen molar-refractivity contribution in [3.63, 3.8) is 0 Å². The van der Waals surface area contributed by atoms with Crippen LogP contribution in [0.2, 0.25) is 0 Å². The number of allylic oxidation sites excluding steroid dienone is 1. The van der Waals surface area contributed by atoms with Crippen molar-refractivity contribution >= 4 is 34.4 Å². The van der Waals surface area contributed by atoms with E-state index in [2.05, 4.69) is 32.6 Å². The number of methoxy groups -OCH3 is 2. The molecule has 2 heterocycles. The van der Waals surface area contributed by atoms with E-state index < -0.39 is 0 Å². The van der Waals surface area contributed by atoms with Gasteiger partial charge in [0.15, 0.2) is 15.3 Å². The number of anilines is 2. The number of hydrogen-bond acceptors (Lipinski definition) is 7. The topological polar surface area (TPSA) is 106 Å². The number of hydrogen-bond donors (Lipinski definition) is 2. The lowest BCUT2D eigenvalue weighted by Crippen LogP contribution is -2.09. The fraction of sp³-hybridized carbons (Fsp3) is 0.250. The van der Waals surface area contributed by atoms with E-state index in [0.29, 0.717) is 29.5 Å². The summed E-state index contributed by atoms with van der Waals surface area (Å²) in [7, 11) is 3.19. The Morgan fingerprint density at radius 2 is 2.04 bits per heavy atom. The molecule has 0 atom stereocenters. The summed E-state index contributed by atoms with van der Waals surface area (Å²) in [6.45, 7) is 0. The Morgan fingerprint density at radius 1 is 1.25 bits per heavy atom. The van der Waals surface area contributed by atoms with Crippen LogP contribution in [-0.4, -0.2) is 24.2 Å². The molecule has 0 unspecified atom stereocenters. The molecule has 0 amide bonds. The largest absolute Gasteiger partial charge is 0.493 e. The van der Waals surface area contributed by atoms with Crippen molar-refractivity contribution in [1.82, 2.24) is 9.97 Å². The zero-order valence-corrected chi connectivity index (χ0v) is 15.5. The molecule has 8 heteroatoms. The maximum Gasteiger partial charge on any atom is 0.221 e. The van der Waals surface area contributed by atoms with Crippen molar-refractivity contribution in [2.45, 2.75) is 12.8 Å². The molecule has 0 saturated carbocycles. The smallest absolute Gasteiger partial charge is 0.221 e. The Kier molecular flexibility index (Phi) is 4.65. The van der Waals surface area contributed by atoms with Crippen LogP contribution in [0.1, 0.15) is 16.7 Å². The van der Waals surface area contributed by atoms with Crippen LogP contribution < -0.4 is 25.7 Å². The molecule has 0 aliphatic carbocycles. The number of nitrogen functional groups attached to an aromatic ring is 2. The van der Waals surface area contributed by atoms with E-state index in [0.717, 1.165) is 26.9 Å². The lowest BCUT2D eigenvalue weighted by Gasteiger charge is -2.23. The van der Waals surface area contributed by atoms with Crippen LogP contribution in [0.4, 0.5) is 11.8 Å². The molecule has 24 heavy (non-hydrogen) atoms. The third-order valence-corrected chi connectivity index (χ3v) is 4.45. The van der Waals surface area contributed by atoms with Crippen molar-refractivity contribution in [2.24, 2.45) is 0 Å².